The van der Waals surface area contributed by atoms with E-state index in [-0.39, 0.29) is 6.04 Å². The molecule has 7 nitrogen and oxygen atoms in total. The van der Waals surface area contributed by atoms with Crippen LogP contribution >= 0.6 is 0 Å². The van der Waals surface area contributed by atoms with E-state index >= 15 is 0 Å². The molecule has 1 saturated heterocycles. The summed E-state index contributed by atoms with van der Waals surface area (Å²) in [6, 6.07) is -0.0547. The van der Waals surface area contributed by atoms with Gasteiger partial charge in [-0.05, 0) is 12.8 Å². The normalized spacial score (nSPS) is 17.3. The Balaban J connectivity index is 2.36. The average molecular weight is 279 g/mol. The van der Waals surface area contributed by atoms with Crippen molar-refractivity contribution >= 4 is 21.7 Å². The second-order valence-electron chi connectivity index (χ2n) is 4.19. The largest absolute Gasteiger partial charge is 0.481 e. The van der Waals surface area contributed by atoms with E-state index in [4.69, 9.17) is 9.84 Å². The molecule has 1 fully saturated rings. The zero-order chi connectivity index (χ0) is 13.6. The monoisotopic (exact) mass is 279 g/mol. The molecular weight excluding hydrogens is 262 g/mol. The van der Waals surface area contributed by atoms with Crippen LogP contribution in [0.1, 0.15) is 19.3 Å². The summed E-state index contributed by atoms with van der Waals surface area (Å²) in [5.41, 5.74) is 0. The first-order valence-corrected chi connectivity index (χ1v) is 7.50. The SMILES string of the molecule is O=C(O)CCS(=O)(=O)CC(=O)NC1CCOCC1. The lowest BCUT2D eigenvalue weighted by molar-refractivity contribution is -0.136. The van der Waals surface area contributed by atoms with Crippen LogP contribution in [0.2, 0.25) is 0 Å². The molecule has 2 N–H and O–H groups in total. The Hall–Kier alpha value is -1.15. The highest BCUT2D eigenvalue weighted by Gasteiger charge is 2.21. The fraction of sp³-hybridized carbons (Fsp3) is 0.800. The number of carboxylic acids is 1. The molecule has 1 aliphatic rings. The van der Waals surface area contributed by atoms with Crippen LogP contribution < -0.4 is 5.32 Å². The van der Waals surface area contributed by atoms with Gasteiger partial charge in [-0.1, -0.05) is 0 Å². The van der Waals surface area contributed by atoms with Crippen LogP contribution in [0.25, 0.3) is 0 Å². The molecule has 1 aliphatic heterocycles. The van der Waals surface area contributed by atoms with Crippen LogP contribution in [0, 0.1) is 0 Å². The topological polar surface area (TPSA) is 110 Å². The predicted molar refractivity (Wildman–Crippen MR) is 62.9 cm³/mol. The van der Waals surface area contributed by atoms with E-state index in [1.807, 2.05) is 0 Å². The van der Waals surface area contributed by atoms with Crippen molar-refractivity contribution in [3.63, 3.8) is 0 Å². The number of ether oxygens (including phenoxy) is 1. The Morgan fingerprint density at radius 3 is 2.44 bits per heavy atom. The minimum Gasteiger partial charge on any atom is -0.481 e. The number of sulfone groups is 1. The second kappa shape index (κ2) is 6.69. The second-order valence-corrected chi connectivity index (χ2v) is 6.37. The molecule has 0 atom stereocenters. The third-order valence-corrected chi connectivity index (χ3v) is 4.09. The lowest BCUT2D eigenvalue weighted by Crippen LogP contribution is -2.41. The molecule has 0 aromatic heterocycles. The quantitative estimate of drug-likeness (QED) is 0.657. The van der Waals surface area contributed by atoms with E-state index in [0.29, 0.717) is 26.1 Å². The minimum absolute atomic E-state index is 0.0547. The van der Waals surface area contributed by atoms with Crippen LogP contribution in [-0.2, 0) is 24.2 Å². The van der Waals surface area contributed by atoms with Gasteiger partial charge in [0.15, 0.2) is 9.84 Å². The standard InChI is InChI=1S/C10H17NO6S/c12-9(11-8-1-4-17-5-2-8)7-18(15,16)6-3-10(13)14/h8H,1-7H2,(H,11,12)(H,13,14). The maximum atomic E-state index is 11.5. The van der Waals surface area contributed by atoms with E-state index in [2.05, 4.69) is 5.32 Å². The van der Waals surface area contributed by atoms with Gasteiger partial charge < -0.3 is 15.2 Å². The minimum atomic E-state index is -3.65. The van der Waals surface area contributed by atoms with Crippen molar-refractivity contribution < 1.29 is 27.9 Å². The van der Waals surface area contributed by atoms with Crippen LogP contribution in [-0.4, -0.2) is 56.2 Å². The van der Waals surface area contributed by atoms with Crippen molar-refractivity contribution in [2.75, 3.05) is 24.7 Å². The molecule has 0 aromatic carbocycles. The van der Waals surface area contributed by atoms with Crippen molar-refractivity contribution in [2.24, 2.45) is 0 Å². The summed E-state index contributed by atoms with van der Waals surface area (Å²) < 4.78 is 28.0. The summed E-state index contributed by atoms with van der Waals surface area (Å²) in [7, 11) is -3.65. The number of carboxylic acid groups (broad SMARTS) is 1. The Labute approximate surface area is 105 Å². The van der Waals surface area contributed by atoms with E-state index in [1.54, 1.807) is 0 Å². The molecule has 0 bridgehead atoms. The Morgan fingerprint density at radius 1 is 1.28 bits per heavy atom. The van der Waals surface area contributed by atoms with Crippen molar-refractivity contribution in [3.05, 3.63) is 0 Å². The highest BCUT2D eigenvalue weighted by molar-refractivity contribution is 7.92. The summed E-state index contributed by atoms with van der Waals surface area (Å²) in [6.07, 6.45) is 0.856. The van der Waals surface area contributed by atoms with Crippen molar-refractivity contribution in [1.29, 1.82) is 0 Å². The van der Waals surface area contributed by atoms with E-state index < -0.39 is 39.6 Å². The lowest BCUT2D eigenvalue weighted by Gasteiger charge is -2.22. The van der Waals surface area contributed by atoms with Crippen molar-refractivity contribution in [2.45, 2.75) is 25.3 Å². The average Bonchev–Trinajstić information content (AvgIpc) is 2.27. The molecular formula is C10H17NO6S. The van der Waals surface area contributed by atoms with Gasteiger partial charge >= 0.3 is 5.97 Å². The number of aliphatic carboxylic acids is 1. The molecule has 0 aromatic rings. The smallest absolute Gasteiger partial charge is 0.304 e. The maximum Gasteiger partial charge on any atom is 0.304 e. The Morgan fingerprint density at radius 2 is 1.89 bits per heavy atom. The van der Waals surface area contributed by atoms with Crippen LogP contribution in [0.15, 0.2) is 0 Å². The lowest BCUT2D eigenvalue weighted by atomic mass is 10.1. The number of hydrogen-bond acceptors (Lipinski definition) is 5. The van der Waals surface area contributed by atoms with Gasteiger partial charge in [0.05, 0.1) is 12.2 Å². The molecule has 0 spiro atoms. The molecule has 1 amide bonds. The van der Waals surface area contributed by atoms with Gasteiger partial charge in [-0.2, -0.15) is 0 Å². The number of hydrogen-bond donors (Lipinski definition) is 2. The molecule has 104 valence electrons. The fourth-order valence-corrected chi connectivity index (χ4v) is 2.74. The number of nitrogens with one attached hydrogen (secondary N) is 1. The number of rotatable bonds is 6. The molecule has 1 rings (SSSR count). The van der Waals surface area contributed by atoms with Gasteiger partial charge in [0.1, 0.15) is 5.75 Å². The van der Waals surface area contributed by atoms with Crippen LogP contribution in [0.4, 0.5) is 0 Å². The van der Waals surface area contributed by atoms with Gasteiger partial charge in [-0.15, -0.1) is 0 Å². The molecule has 0 aliphatic carbocycles. The van der Waals surface area contributed by atoms with E-state index in [9.17, 15) is 18.0 Å². The number of carbonyl (C=O) groups is 2. The third-order valence-electron chi connectivity index (χ3n) is 2.56. The highest BCUT2D eigenvalue weighted by Crippen LogP contribution is 2.06. The van der Waals surface area contributed by atoms with Gasteiger partial charge in [-0.25, -0.2) is 8.42 Å². The third kappa shape index (κ3) is 5.97. The Kier molecular flexibility index (Phi) is 5.54. The fourth-order valence-electron chi connectivity index (χ4n) is 1.63. The van der Waals surface area contributed by atoms with E-state index in [1.165, 1.54) is 0 Å². The molecule has 18 heavy (non-hydrogen) atoms. The van der Waals surface area contributed by atoms with Gasteiger partial charge in [0.2, 0.25) is 5.91 Å². The number of amides is 1. The van der Waals surface area contributed by atoms with Gasteiger partial charge in [-0.3, -0.25) is 9.59 Å². The summed E-state index contributed by atoms with van der Waals surface area (Å²) in [6.45, 7) is 1.10. The maximum absolute atomic E-state index is 11.5. The molecule has 8 heteroatoms. The zero-order valence-corrected chi connectivity index (χ0v) is 10.7. The van der Waals surface area contributed by atoms with E-state index in [0.717, 1.165) is 0 Å². The Bertz CT molecular complexity index is 399. The first-order valence-electron chi connectivity index (χ1n) is 5.68. The first kappa shape index (κ1) is 14.9. The summed E-state index contributed by atoms with van der Waals surface area (Å²) in [5, 5.41) is 11.0. The summed E-state index contributed by atoms with van der Waals surface area (Å²) in [4.78, 5) is 21.8. The van der Waals surface area contributed by atoms with Crippen LogP contribution in [0.3, 0.4) is 0 Å². The molecule has 1 heterocycles. The van der Waals surface area contributed by atoms with Crippen molar-refractivity contribution in [1.82, 2.24) is 5.32 Å². The molecule has 0 saturated carbocycles. The predicted octanol–water partition coefficient (Wildman–Crippen LogP) is -0.829. The summed E-state index contributed by atoms with van der Waals surface area (Å²) >= 11 is 0. The highest BCUT2D eigenvalue weighted by atomic mass is 32.2. The number of carbonyl (C=O) groups excluding carboxylic acids is 1. The molecule has 0 unspecified atom stereocenters. The molecule has 0 radical (unpaired) electrons. The van der Waals surface area contributed by atoms with Crippen LogP contribution in [0.5, 0.6) is 0 Å². The van der Waals surface area contributed by atoms with Gasteiger partial charge in [0.25, 0.3) is 0 Å². The zero-order valence-electron chi connectivity index (χ0n) is 9.92. The van der Waals surface area contributed by atoms with Crippen molar-refractivity contribution in [3.8, 4) is 0 Å². The van der Waals surface area contributed by atoms with Gasteiger partial charge in [0, 0.05) is 19.3 Å². The summed E-state index contributed by atoms with van der Waals surface area (Å²) in [5.74, 6) is -2.93. The first-order chi connectivity index (χ1) is 8.39.